The highest BCUT2D eigenvalue weighted by atomic mass is 16.1. The topological polar surface area (TPSA) is 49.3 Å². The summed E-state index contributed by atoms with van der Waals surface area (Å²) in [4.78, 5) is 14.2. The Balaban J connectivity index is 2.20. The lowest BCUT2D eigenvalue weighted by atomic mass is 10.2. The molecule has 0 unspecified atom stereocenters. The normalized spacial score (nSPS) is 11.1. The first kappa shape index (κ1) is 9.03. The van der Waals surface area contributed by atoms with Crippen LogP contribution in [0.5, 0.6) is 0 Å². The molecule has 0 radical (unpaired) electrons. The number of nitrogens with zero attached hydrogens (tertiary/aromatic N) is 1. The van der Waals surface area contributed by atoms with Crippen molar-refractivity contribution >= 4 is 28.3 Å². The summed E-state index contributed by atoms with van der Waals surface area (Å²) >= 11 is 0. The number of hydrogen-bond acceptors (Lipinski definition) is 1. The number of H-pyrrole nitrogens is 1. The molecule has 0 bridgehead atoms. The quantitative estimate of drug-likeness (QED) is 0.640. The number of benzene rings is 1. The van der Waals surface area contributed by atoms with Crippen molar-refractivity contribution in [2.24, 2.45) is 0 Å². The maximum atomic E-state index is 10.9. The average Bonchev–Trinajstić information content (AvgIpc) is 2.75. The van der Waals surface area contributed by atoms with Crippen LogP contribution in [0.15, 0.2) is 36.5 Å². The number of rotatable bonds is 1. The molecule has 0 atom stereocenters. The third-order valence-electron chi connectivity index (χ3n) is 2.59. The van der Waals surface area contributed by atoms with Gasteiger partial charge in [0.05, 0.1) is 11.0 Å². The van der Waals surface area contributed by atoms with Gasteiger partial charge >= 0.3 is 0 Å². The number of aromatic nitrogens is 2. The highest BCUT2D eigenvalue weighted by Crippen LogP contribution is 2.20. The van der Waals surface area contributed by atoms with E-state index in [0.29, 0.717) is 0 Å². The van der Waals surface area contributed by atoms with E-state index < -0.39 is 0 Å². The van der Waals surface area contributed by atoms with Gasteiger partial charge in [0.1, 0.15) is 5.65 Å². The van der Waals surface area contributed by atoms with Crippen molar-refractivity contribution in [1.82, 2.24) is 9.38 Å². The Labute approximate surface area is 91.9 Å². The zero-order valence-corrected chi connectivity index (χ0v) is 8.82. The Hall–Kier alpha value is -2.23. The molecule has 1 amide bonds. The molecule has 3 aromatic rings. The fourth-order valence-electron chi connectivity index (χ4n) is 1.96. The van der Waals surface area contributed by atoms with Crippen LogP contribution < -0.4 is 5.32 Å². The average molecular weight is 213 g/mol. The molecule has 0 aliphatic heterocycles. The summed E-state index contributed by atoms with van der Waals surface area (Å²) in [5, 5.41) is 2.77. The Morgan fingerprint density at radius 2 is 2.25 bits per heavy atom. The lowest BCUT2D eigenvalue weighted by Gasteiger charge is -2.01. The number of imidazole rings is 1. The van der Waals surface area contributed by atoms with Gasteiger partial charge in [0, 0.05) is 18.8 Å². The van der Waals surface area contributed by atoms with Crippen molar-refractivity contribution in [1.29, 1.82) is 0 Å². The van der Waals surface area contributed by atoms with Crippen LogP contribution in [-0.4, -0.2) is 15.3 Å². The molecular weight excluding hydrogens is 202 g/mol. The highest BCUT2D eigenvalue weighted by Gasteiger charge is 2.04. The lowest BCUT2D eigenvalue weighted by molar-refractivity contribution is -0.114. The van der Waals surface area contributed by atoms with E-state index in [1.165, 1.54) is 6.92 Å². The minimum absolute atomic E-state index is 0.0578. The van der Waals surface area contributed by atoms with Crippen molar-refractivity contribution < 1.29 is 4.79 Å². The van der Waals surface area contributed by atoms with Gasteiger partial charge < -0.3 is 14.7 Å². The number of anilines is 1. The predicted molar refractivity (Wildman–Crippen MR) is 63.6 cm³/mol. The second-order valence-corrected chi connectivity index (χ2v) is 3.80. The van der Waals surface area contributed by atoms with Gasteiger partial charge in [-0.15, -0.1) is 0 Å². The summed E-state index contributed by atoms with van der Waals surface area (Å²) in [7, 11) is 0. The Morgan fingerprint density at radius 1 is 1.38 bits per heavy atom. The molecule has 4 heteroatoms. The van der Waals surface area contributed by atoms with Gasteiger partial charge in [-0.1, -0.05) is 0 Å². The second kappa shape index (κ2) is 3.13. The molecule has 0 saturated heterocycles. The molecular formula is C12H11N3O. The number of amides is 1. The van der Waals surface area contributed by atoms with Crippen LogP contribution in [0.1, 0.15) is 6.92 Å². The van der Waals surface area contributed by atoms with E-state index in [9.17, 15) is 4.79 Å². The Morgan fingerprint density at radius 3 is 3.06 bits per heavy atom. The molecule has 16 heavy (non-hydrogen) atoms. The van der Waals surface area contributed by atoms with Crippen molar-refractivity contribution in [3.63, 3.8) is 0 Å². The van der Waals surface area contributed by atoms with Gasteiger partial charge in [-0.3, -0.25) is 4.79 Å². The third kappa shape index (κ3) is 1.27. The maximum Gasteiger partial charge on any atom is 0.221 e. The fourth-order valence-corrected chi connectivity index (χ4v) is 1.96. The summed E-state index contributed by atoms with van der Waals surface area (Å²) in [6.07, 6.45) is 2.01. The molecule has 80 valence electrons. The minimum Gasteiger partial charge on any atom is -0.340 e. The summed E-state index contributed by atoms with van der Waals surface area (Å²) in [5.41, 5.74) is 3.98. The van der Waals surface area contributed by atoms with Crippen molar-refractivity contribution in [2.45, 2.75) is 6.92 Å². The molecule has 2 heterocycles. The highest BCUT2D eigenvalue weighted by molar-refractivity contribution is 5.92. The van der Waals surface area contributed by atoms with E-state index in [1.807, 2.05) is 36.5 Å². The van der Waals surface area contributed by atoms with Gasteiger partial charge in [0.15, 0.2) is 0 Å². The van der Waals surface area contributed by atoms with Crippen LogP contribution in [0.4, 0.5) is 5.69 Å². The number of fused-ring (bicyclic) bond motifs is 3. The van der Waals surface area contributed by atoms with E-state index in [4.69, 9.17) is 0 Å². The van der Waals surface area contributed by atoms with Crippen LogP contribution in [0, 0.1) is 0 Å². The Kier molecular flexibility index (Phi) is 1.77. The molecule has 0 aliphatic carbocycles. The summed E-state index contributed by atoms with van der Waals surface area (Å²) in [5.74, 6) is -0.0578. The molecule has 1 aromatic carbocycles. The monoisotopic (exact) mass is 213 g/mol. The molecule has 2 N–H and O–H groups in total. The van der Waals surface area contributed by atoms with E-state index >= 15 is 0 Å². The number of hydrogen-bond donors (Lipinski definition) is 2. The largest absolute Gasteiger partial charge is 0.340 e. The molecule has 2 aromatic heterocycles. The van der Waals surface area contributed by atoms with Crippen LogP contribution in [-0.2, 0) is 4.79 Å². The first-order valence-corrected chi connectivity index (χ1v) is 5.10. The van der Waals surface area contributed by atoms with E-state index in [0.717, 1.165) is 22.4 Å². The Bertz CT molecular complexity index is 678. The van der Waals surface area contributed by atoms with E-state index in [-0.39, 0.29) is 5.91 Å². The smallest absolute Gasteiger partial charge is 0.221 e. The minimum atomic E-state index is -0.0578. The van der Waals surface area contributed by atoms with Gasteiger partial charge in [-0.2, -0.15) is 0 Å². The molecule has 4 nitrogen and oxygen atoms in total. The molecule has 0 spiro atoms. The molecule has 3 rings (SSSR count). The van der Waals surface area contributed by atoms with E-state index in [1.54, 1.807) is 0 Å². The van der Waals surface area contributed by atoms with Crippen molar-refractivity contribution in [3.8, 4) is 0 Å². The first-order chi connectivity index (χ1) is 7.74. The summed E-state index contributed by atoms with van der Waals surface area (Å²) in [6.45, 7) is 1.50. The van der Waals surface area contributed by atoms with Crippen molar-refractivity contribution in [2.75, 3.05) is 5.32 Å². The van der Waals surface area contributed by atoms with Gasteiger partial charge in [-0.25, -0.2) is 0 Å². The van der Waals surface area contributed by atoms with Crippen LogP contribution >= 0.6 is 0 Å². The third-order valence-corrected chi connectivity index (χ3v) is 2.59. The van der Waals surface area contributed by atoms with Crippen LogP contribution in [0.3, 0.4) is 0 Å². The predicted octanol–water partition coefficient (Wildman–Crippen LogP) is 2.38. The number of carbonyl (C=O) groups is 1. The molecule has 0 saturated carbocycles. The van der Waals surface area contributed by atoms with Crippen LogP contribution in [0.25, 0.3) is 16.7 Å². The standard InChI is InChI=1S/C12H11N3O/c1-8(16)13-9-4-5-11-10(7-9)14-12-3-2-6-15(11)12/h2-7,14H,1H3,(H,13,16). The van der Waals surface area contributed by atoms with E-state index in [2.05, 4.69) is 14.7 Å². The first-order valence-electron chi connectivity index (χ1n) is 5.10. The zero-order chi connectivity index (χ0) is 11.1. The molecule has 0 aliphatic rings. The number of carbonyl (C=O) groups excluding carboxylic acids is 1. The lowest BCUT2D eigenvalue weighted by Crippen LogP contribution is -2.05. The maximum absolute atomic E-state index is 10.9. The van der Waals surface area contributed by atoms with Gasteiger partial charge in [0.2, 0.25) is 5.91 Å². The zero-order valence-electron chi connectivity index (χ0n) is 8.82. The SMILES string of the molecule is CC(=O)Nc1ccc2c(c1)[nH]c1cccn12. The number of aromatic amines is 1. The van der Waals surface area contributed by atoms with Gasteiger partial charge in [-0.05, 0) is 30.3 Å². The summed E-state index contributed by atoms with van der Waals surface area (Å²) < 4.78 is 2.08. The van der Waals surface area contributed by atoms with Gasteiger partial charge in [0.25, 0.3) is 0 Å². The summed E-state index contributed by atoms with van der Waals surface area (Å²) in [6, 6.07) is 9.83. The van der Waals surface area contributed by atoms with Crippen LogP contribution in [0.2, 0.25) is 0 Å². The second-order valence-electron chi connectivity index (χ2n) is 3.80. The number of nitrogens with one attached hydrogen (secondary N) is 2. The molecule has 0 fully saturated rings. The fraction of sp³-hybridized carbons (Fsp3) is 0.0833. The van der Waals surface area contributed by atoms with Crippen molar-refractivity contribution in [3.05, 3.63) is 36.5 Å².